The summed E-state index contributed by atoms with van der Waals surface area (Å²) in [5.41, 5.74) is 7.21. The van der Waals surface area contributed by atoms with Gasteiger partial charge in [0, 0.05) is 37.1 Å². The van der Waals surface area contributed by atoms with E-state index in [0.29, 0.717) is 0 Å². The van der Waals surface area contributed by atoms with E-state index in [0.717, 1.165) is 43.5 Å². The number of rotatable bonds is 5. The van der Waals surface area contributed by atoms with E-state index in [4.69, 9.17) is 9.73 Å². The first kappa shape index (κ1) is 25.6. The number of ether oxygens (including phenoxy) is 1. The zero-order valence-electron chi connectivity index (χ0n) is 23.1. The molecule has 3 heterocycles. The number of benzene rings is 2. The number of likely N-dealkylation sites (N-methyl/N-ethyl adjacent to an activating group) is 1. The average Bonchev–Trinajstić information content (AvgIpc) is 2.86. The molecular formula is C31H41N5O. The summed E-state index contributed by atoms with van der Waals surface area (Å²) in [5.74, 6) is 1.07. The number of morpholine rings is 1. The Balaban J connectivity index is 1.46. The first-order valence-electron chi connectivity index (χ1n) is 13.4. The van der Waals surface area contributed by atoms with Crippen LogP contribution < -0.4 is 10.6 Å². The molecule has 196 valence electrons. The number of allylic oxidation sites excluding steroid dienone is 3. The minimum atomic E-state index is -0.00742. The Hall–Kier alpha value is -3.09. The van der Waals surface area contributed by atoms with Gasteiger partial charge < -0.3 is 20.3 Å². The zero-order chi connectivity index (χ0) is 26.2. The van der Waals surface area contributed by atoms with Gasteiger partial charge in [-0.3, -0.25) is 4.90 Å². The van der Waals surface area contributed by atoms with E-state index >= 15 is 0 Å². The molecule has 2 unspecified atom stereocenters. The maximum absolute atomic E-state index is 5.78. The normalized spacial score (nSPS) is 24.2. The number of aliphatic imine (C=N–C) groups is 1. The van der Waals surface area contributed by atoms with Crippen LogP contribution >= 0.6 is 0 Å². The highest BCUT2D eigenvalue weighted by Gasteiger charge is 2.30. The maximum atomic E-state index is 5.78. The minimum absolute atomic E-state index is 0.00742. The van der Waals surface area contributed by atoms with Gasteiger partial charge in [-0.1, -0.05) is 57.2 Å². The second kappa shape index (κ2) is 10.3. The van der Waals surface area contributed by atoms with Crippen molar-refractivity contribution in [1.29, 1.82) is 0 Å². The van der Waals surface area contributed by atoms with Gasteiger partial charge in [0.1, 0.15) is 12.0 Å². The van der Waals surface area contributed by atoms with Gasteiger partial charge in [-0.15, -0.1) is 0 Å². The molecule has 1 fully saturated rings. The van der Waals surface area contributed by atoms with Crippen LogP contribution in [0.25, 0.3) is 0 Å². The smallest absolute Gasteiger partial charge is 0.128 e. The van der Waals surface area contributed by atoms with Crippen LogP contribution in [-0.2, 0) is 10.2 Å². The highest BCUT2D eigenvalue weighted by Crippen LogP contribution is 2.37. The second-order valence-corrected chi connectivity index (χ2v) is 11.6. The molecular weight excluding hydrogens is 458 g/mol. The summed E-state index contributed by atoms with van der Waals surface area (Å²) >= 11 is 0. The molecule has 0 radical (unpaired) electrons. The van der Waals surface area contributed by atoms with Crippen LogP contribution in [0.5, 0.6) is 0 Å². The summed E-state index contributed by atoms with van der Waals surface area (Å²) in [5, 5.41) is 7.39. The van der Waals surface area contributed by atoms with E-state index in [1.807, 2.05) is 0 Å². The number of hydrogen-bond acceptors (Lipinski definition) is 6. The Labute approximate surface area is 222 Å². The van der Waals surface area contributed by atoms with Crippen LogP contribution in [0, 0.1) is 0 Å². The van der Waals surface area contributed by atoms with E-state index in [9.17, 15) is 0 Å². The molecule has 6 heteroatoms. The Kier molecular flexibility index (Phi) is 7.15. The lowest BCUT2D eigenvalue weighted by Crippen LogP contribution is -2.48. The Morgan fingerprint density at radius 1 is 1.14 bits per heavy atom. The number of nitrogens with zero attached hydrogens (tertiary/aromatic N) is 3. The van der Waals surface area contributed by atoms with Crippen molar-refractivity contribution < 1.29 is 4.74 Å². The Morgan fingerprint density at radius 3 is 2.62 bits per heavy atom. The van der Waals surface area contributed by atoms with Gasteiger partial charge in [-0.2, -0.15) is 0 Å². The molecule has 5 rings (SSSR count). The third kappa shape index (κ3) is 5.76. The molecule has 3 aliphatic heterocycles. The molecule has 3 aliphatic rings. The minimum Gasteiger partial charge on any atom is -0.378 e. The first-order chi connectivity index (χ1) is 17.7. The van der Waals surface area contributed by atoms with Crippen LogP contribution in [0.15, 0.2) is 71.4 Å². The monoisotopic (exact) mass is 499 g/mol. The molecule has 1 saturated heterocycles. The largest absolute Gasteiger partial charge is 0.378 e. The highest BCUT2D eigenvalue weighted by atomic mass is 16.5. The summed E-state index contributed by atoms with van der Waals surface area (Å²) < 4.78 is 5.78. The molecule has 6 nitrogen and oxygen atoms in total. The van der Waals surface area contributed by atoms with Gasteiger partial charge in [-0.05, 0) is 54.7 Å². The topological polar surface area (TPSA) is 52.1 Å². The number of hydrogen-bond donors (Lipinski definition) is 2. The van der Waals surface area contributed by atoms with Crippen molar-refractivity contribution in [2.24, 2.45) is 4.99 Å². The fourth-order valence-corrected chi connectivity index (χ4v) is 5.28. The zero-order valence-corrected chi connectivity index (χ0v) is 23.1. The van der Waals surface area contributed by atoms with Crippen LogP contribution in [0.3, 0.4) is 0 Å². The summed E-state index contributed by atoms with van der Waals surface area (Å²) in [4.78, 5) is 9.96. The fourth-order valence-electron chi connectivity index (χ4n) is 5.28. The van der Waals surface area contributed by atoms with Crippen LogP contribution in [0.1, 0.15) is 63.5 Å². The molecule has 2 aromatic rings. The molecule has 0 aliphatic carbocycles. The molecule has 0 bridgehead atoms. The Bertz CT molecular complexity index is 1210. The van der Waals surface area contributed by atoms with Gasteiger partial charge in [0.05, 0.1) is 31.0 Å². The molecule has 0 aromatic heterocycles. The quantitative estimate of drug-likeness (QED) is 0.537. The SMILES string of the molecule is CC1=CC=CC(c2ccc3c(c2)N=C(CN2CCO[C@@H](C)C2)N(C)C3Nc2ccc(C(C)(C)C)cc2)N1. The lowest BCUT2D eigenvalue weighted by molar-refractivity contribution is -0.0134. The lowest BCUT2D eigenvalue weighted by atomic mass is 9.87. The number of dihydropyridines is 1. The summed E-state index contributed by atoms with van der Waals surface area (Å²) in [6.07, 6.45) is 6.68. The summed E-state index contributed by atoms with van der Waals surface area (Å²) in [7, 11) is 2.15. The molecule has 0 amide bonds. The van der Waals surface area contributed by atoms with Gasteiger partial charge in [-0.25, -0.2) is 4.99 Å². The molecule has 3 atom stereocenters. The van der Waals surface area contributed by atoms with Crippen molar-refractivity contribution in [3.8, 4) is 0 Å². The predicted octanol–water partition coefficient (Wildman–Crippen LogP) is 5.90. The second-order valence-electron chi connectivity index (χ2n) is 11.6. The Morgan fingerprint density at radius 2 is 1.92 bits per heavy atom. The summed E-state index contributed by atoms with van der Waals surface area (Å²) in [6.45, 7) is 14.4. The lowest BCUT2D eigenvalue weighted by Gasteiger charge is -2.39. The van der Waals surface area contributed by atoms with Crippen LogP contribution in [0.2, 0.25) is 0 Å². The third-order valence-electron chi connectivity index (χ3n) is 7.53. The summed E-state index contributed by atoms with van der Waals surface area (Å²) in [6, 6.07) is 15.7. The molecule has 37 heavy (non-hydrogen) atoms. The fraction of sp³-hybridized carbons (Fsp3) is 0.452. The number of nitrogens with one attached hydrogen (secondary N) is 2. The molecule has 2 N–H and O–H groups in total. The van der Waals surface area contributed by atoms with Crippen molar-refractivity contribution in [2.45, 2.75) is 58.3 Å². The predicted molar refractivity (Wildman–Crippen MR) is 153 cm³/mol. The third-order valence-corrected chi connectivity index (χ3v) is 7.53. The standard InChI is InChI=1S/C31H41N5O/c1-21-8-7-9-27(32-21)23-10-15-26-28(18-23)34-29(20-36-16-17-37-22(2)19-36)35(6)30(26)33-25-13-11-24(12-14-25)31(3,4)5/h7-15,18,22,27,30,32-33H,16-17,19-20H2,1-6H3/t22-,27?,30?/m0/s1. The highest BCUT2D eigenvalue weighted by molar-refractivity contribution is 5.89. The van der Waals surface area contributed by atoms with Gasteiger partial charge in [0.25, 0.3) is 0 Å². The van der Waals surface area contributed by atoms with E-state index in [1.165, 1.54) is 22.4 Å². The molecule has 2 aromatic carbocycles. The van der Waals surface area contributed by atoms with E-state index in [2.05, 4.69) is 123 Å². The maximum Gasteiger partial charge on any atom is 0.128 e. The van der Waals surface area contributed by atoms with Gasteiger partial charge in [0.2, 0.25) is 0 Å². The number of anilines is 1. The number of fused-ring (bicyclic) bond motifs is 1. The van der Waals surface area contributed by atoms with Gasteiger partial charge in [0.15, 0.2) is 0 Å². The van der Waals surface area contributed by atoms with Crippen molar-refractivity contribution in [3.05, 3.63) is 83.1 Å². The van der Waals surface area contributed by atoms with Gasteiger partial charge >= 0.3 is 0 Å². The van der Waals surface area contributed by atoms with Crippen LogP contribution in [-0.4, -0.2) is 55.0 Å². The van der Waals surface area contributed by atoms with Crippen molar-refractivity contribution in [3.63, 3.8) is 0 Å². The van der Waals surface area contributed by atoms with Crippen molar-refractivity contribution in [2.75, 3.05) is 38.6 Å². The molecule has 0 spiro atoms. The van der Waals surface area contributed by atoms with E-state index in [1.54, 1.807) is 0 Å². The van der Waals surface area contributed by atoms with Crippen molar-refractivity contribution in [1.82, 2.24) is 15.1 Å². The molecule has 0 saturated carbocycles. The average molecular weight is 500 g/mol. The van der Waals surface area contributed by atoms with Crippen LogP contribution in [0.4, 0.5) is 11.4 Å². The van der Waals surface area contributed by atoms with E-state index < -0.39 is 0 Å². The van der Waals surface area contributed by atoms with E-state index in [-0.39, 0.29) is 23.7 Å². The van der Waals surface area contributed by atoms with Crippen molar-refractivity contribution >= 4 is 17.2 Å². The first-order valence-corrected chi connectivity index (χ1v) is 13.4. The number of amidine groups is 1.